The van der Waals surface area contributed by atoms with Gasteiger partial charge in [-0.2, -0.15) is 4.31 Å². The lowest BCUT2D eigenvalue weighted by atomic mass is 10.2. The van der Waals surface area contributed by atoms with Crippen molar-refractivity contribution < 1.29 is 13.2 Å². The highest BCUT2D eigenvalue weighted by Gasteiger charge is 2.29. The normalized spacial score (nSPS) is 17.9. The van der Waals surface area contributed by atoms with Gasteiger partial charge >= 0.3 is 0 Å². The van der Waals surface area contributed by atoms with E-state index in [9.17, 15) is 13.2 Å². The molecule has 2 rings (SSSR count). The Kier molecular flexibility index (Phi) is 4.48. The molecule has 0 atom stereocenters. The molecule has 0 aliphatic carbocycles. The number of nitrogens with zero attached hydrogens (tertiary/aromatic N) is 3. The van der Waals surface area contributed by atoms with E-state index in [4.69, 9.17) is 0 Å². The third-order valence-electron chi connectivity index (χ3n) is 2.82. The number of rotatable bonds is 3. The Morgan fingerprint density at radius 2 is 1.84 bits per heavy atom. The lowest BCUT2D eigenvalue weighted by Crippen LogP contribution is -2.31. The maximum absolute atomic E-state index is 12.4. The van der Waals surface area contributed by atoms with E-state index < -0.39 is 10.0 Å². The molecule has 2 heterocycles. The van der Waals surface area contributed by atoms with Crippen molar-refractivity contribution in [2.45, 2.75) is 36.9 Å². The molecule has 1 amide bonds. The van der Waals surface area contributed by atoms with Gasteiger partial charge in [0.1, 0.15) is 0 Å². The molecule has 1 saturated heterocycles. The highest BCUT2D eigenvalue weighted by atomic mass is 32.2. The van der Waals surface area contributed by atoms with Crippen LogP contribution in [-0.2, 0) is 14.8 Å². The molecule has 19 heavy (non-hydrogen) atoms. The number of amides is 1. The van der Waals surface area contributed by atoms with Gasteiger partial charge in [-0.05, 0) is 12.8 Å². The highest BCUT2D eigenvalue weighted by Crippen LogP contribution is 2.25. The second kappa shape index (κ2) is 5.93. The van der Waals surface area contributed by atoms with Crippen LogP contribution in [0.15, 0.2) is 4.34 Å². The SMILES string of the molecule is CC(=O)Nc1nnc(S(=O)(=O)N2CCCCCC2)s1. The molecule has 0 saturated carbocycles. The second-order valence-electron chi connectivity index (χ2n) is 4.37. The molecule has 1 aromatic heterocycles. The van der Waals surface area contributed by atoms with Gasteiger partial charge in [0.05, 0.1) is 0 Å². The predicted octanol–water partition coefficient (Wildman–Crippen LogP) is 1.06. The van der Waals surface area contributed by atoms with Gasteiger partial charge in [0.25, 0.3) is 10.0 Å². The van der Waals surface area contributed by atoms with Crippen molar-refractivity contribution in [1.29, 1.82) is 0 Å². The van der Waals surface area contributed by atoms with Crippen LogP contribution in [0.4, 0.5) is 5.13 Å². The minimum Gasteiger partial charge on any atom is -0.301 e. The Hall–Kier alpha value is -1.06. The molecule has 0 unspecified atom stereocenters. The molecule has 0 spiro atoms. The van der Waals surface area contributed by atoms with Crippen molar-refractivity contribution >= 4 is 32.4 Å². The van der Waals surface area contributed by atoms with Crippen LogP contribution < -0.4 is 5.32 Å². The first-order valence-corrected chi connectivity index (χ1v) is 8.37. The fourth-order valence-electron chi connectivity index (χ4n) is 1.91. The Labute approximate surface area is 116 Å². The van der Waals surface area contributed by atoms with Crippen LogP contribution in [0.1, 0.15) is 32.6 Å². The topological polar surface area (TPSA) is 92.3 Å². The number of hydrogen-bond acceptors (Lipinski definition) is 6. The standard InChI is InChI=1S/C10H16N4O3S2/c1-8(15)11-9-12-13-10(18-9)19(16,17)14-6-4-2-3-5-7-14/h2-7H2,1H3,(H,11,12,15). The van der Waals surface area contributed by atoms with Gasteiger partial charge in [0.15, 0.2) is 0 Å². The molecule has 0 bridgehead atoms. The van der Waals surface area contributed by atoms with Gasteiger partial charge in [-0.25, -0.2) is 8.42 Å². The first kappa shape index (κ1) is 14.4. The van der Waals surface area contributed by atoms with Crippen LogP contribution in [0.5, 0.6) is 0 Å². The number of carbonyl (C=O) groups excluding carboxylic acids is 1. The number of sulfonamides is 1. The number of aromatic nitrogens is 2. The number of carbonyl (C=O) groups is 1. The van der Waals surface area contributed by atoms with E-state index in [1.807, 2.05) is 0 Å². The minimum absolute atomic E-state index is 0.0573. The molecular weight excluding hydrogens is 288 g/mol. The zero-order chi connectivity index (χ0) is 13.9. The predicted molar refractivity (Wildman–Crippen MR) is 71.4 cm³/mol. The fraction of sp³-hybridized carbons (Fsp3) is 0.700. The maximum atomic E-state index is 12.4. The van der Waals surface area contributed by atoms with E-state index >= 15 is 0 Å². The van der Waals surface area contributed by atoms with E-state index in [2.05, 4.69) is 15.5 Å². The molecule has 1 aliphatic heterocycles. The third kappa shape index (κ3) is 3.48. The minimum atomic E-state index is -3.57. The van der Waals surface area contributed by atoms with Crippen LogP contribution >= 0.6 is 11.3 Å². The lowest BCUT2D eigenvalue weighted by Gasteiger charge is -2.17. The average molecular weight is 304 g/mol. The summed E-state index contributed by atoms with van der Waals surface area (Å²) in [7, 11) is -3.57. The van der Waals surface area contributed by atoms with Gasteiger partial charge < -0.3 is 5.32 Å². The van der Waals surface area contributed by atoms with E-state index in [0.717, 1.165) is 37.0 Å². The van der Waals surface area contributed by atoms with Crippen molar-refractivity contribution in [1.82, 2.24) is 14.5 Å². The summed E-state index contributed by atoms with van der Waals surface area (Å²) in [5, 5.41) is 9.99. The molecule has 1 N–H and O–H groups in total. The van der Waals surface area contributed by atoms with E-state index in [-0.39, 0.29) is 15.4 Å². The van der Waals surface area contributed by atoms with Crippen molar-refractivity contribution in [2.24, 2.45) is 0 Å². The van der Waals surface area contributed by atoms with Crippen molar-refractivity contribution in [3.63, 3.8) is 0 Å². The van der Waals surface area contributed by atoms with Crippen LogP contribution in [0, 0.1) is 0 Å². The van der Waals surface area contributed by atoms with Crippen LogP contribution in [0.2, 0.25) is 0 Å². The maximum Gasteiger partial charge on any atom is 0.272 e. The van der Waals surface area contributed by atoms with Crippen LogP contribution in [0.3, 0.4) is 0 Å². The monoisotopic (exact) mass is 304 g/mol. The Morgan fingerprint density at radius 1 is 1.21 bits per heavy atom. The molecule has 7 nitrogen and oxygen atoms in total. The fourth-order valence-corrected chi connectivity index (χ4v) is 4.51. The van der Waals surface area contributed by atoms with Crippen LogP contribution in [-0.4, -0.2) is 41.9 Å². The summed E-state index contributed by atoms with van der Waals surface area (Å²) in [4.78, 5) is 10.9. The molecule has 106 valence electrons. The first-order valence-electron chi connectivity index (χ1n) is 6.11. The molecule has 0 aromatic carbocycles. The molecule has 9 heteroatoms. The highest BCUT2D eigenvalue weighted by molar-refractivity contribution is 7.91. The molecular formula is C10H16N4O3S2. The summed E-state index contributed by atoms with van der Waals surface area (Å²) in [5.74, 6) is -0.296. The summed E-state index contributed by atoms with van der Waals surface area (Å²) in [6.07, 6.45) is 3.85. The molecule has 0 radical (unpaired) electrons. The molecule has 1 fully saturated rings. The Bertz CT molecular complexity index is 547. The average Bonchev–Trinajstić information content (AvgIpc) is 2.64. The van der Waals surface area contributed by atoms with Gasteiger partial charge in [0, 0.05) is 20.0 Å². The molecule has 1 aromatic rings. The Balaban J connectivity index is 2.18. The summed E-state index contributed by atoms with van der Waals surface area (Å²) in [5.41, 5.74) is 0. The van der Waals surface area contributed by atoms with Gasteiger partial charge in [-0.1, -0.05) is 24.2 Å². The Morgan fingerprint density at radius 3 is 2.42 bits per heavy atom. The summed E-state index contributed by atoms with van der Waals surface area (Å²) < 4.78 is 26.1. The largest absolute Gasteiger partial charge is 0.301 e. The quantitative estimate of drug-likeness (QED) is 0.843. The molecule has 1 aliphatic rings. The van der Waals surface area contributed by atoms with E-state index in [1.54, 1.807) is 0 Å². The smallest absolute Gasteiger partial charge is 0.272 e. The van der Waals surface area contributed by atoms with Gasteiger partial charge in [-0.3, -0.25) is 4.79 Å². The summed E-state index contributed by atoms with van der Waals surface area (Å²) in [6, 6.07) is 0. The van der Waals surface area contributed by atoms with E-state index in [0.29, 0.717) is 13.1 Å². The van der Waals surface area contributed by atoms with Gasteiger partial charge in [0.2, 0.25) is 15.4 Å². The zero-order valence-corrected chi connectivity index (χ0v) is 12.3. The van der Waals surface area contributed by atoms with Crippen molar-refractivity contribution in [3.05, 3.63) is 0 Å². The van der Waals surface area contributed by atoms with Crippen LogP contribution in [0.25, 0.3) is 0 Å². The second-order valence-corrected chi connectivity index (χ2v) is 7.46. The summed E-state index contributed by atoms with van der Waals surface area (Å²) >= 11 is 0.885. The number of nitrogens with one attached hydrogen (secondary N) is 1. The van der Waals surface area contributed by atoms with Gasteiger partial charge in [-0.15, -0.1) is 10.2 Å². The van der Waals surface area contributed by atoms with Crippen molar-refractivity contribution in [2.75, 3.05) is 18.4 Å². The zero-order valence-electron chi connectivity index (χ0n) is 10.6. The lowest BCUT2D eigenvalue weighted by molar-refractivity contribution is -0.114. The third-order valence-corrected chi connectivity index (χ3v) is 5.90. The first-order chi connectivity index (χ1) is 9.00. The van der Waals surface area contributed by atoms with Crippen molar-refractivity contribution in [3.8, 4) is 0 Å². The van der Waals surface area contributed by atoms with E-state index in [1.165, 1.54) is 11.2 Å². The number of anilines is 1. The summed E-state index contributed by atoms with van der Waals surface area (Å²) in [6.45, 7) is 2.39. The number of hydrogen-bond donors (Lipinski definition) is 1.